The van der Waals surface area contributed by atoms with Crippen LogP contribution in [0.2, 0.25) is 0 Å². The van der Waals surface area contributed by atoms with Crippen LogP contribution in [-0.2, 0) is 0 Å². The molecule has 0 aliphatic heterocycles. The predicted molar refractivity (Wildman–Crippen MR) is 62.4 cm³/mol. The molecule has 0 aliphatic carbocycles. The smallest absolute Gasteiger partial charge is 0.123 e. The molecule has 0 radical (unpaired) electrons. The van der Waals surface area contributed by atoms with Crippen LogP contribution in [0.3, 0.4) is 0 Å². The summed E-state index contributed by atoms with van der Waals surface area (Å²) in [4.78, 5) is 0. The molecule has 0 saturated heterocycles. The molecule has 1 N–H and O–H groups in total. The Kier molecular flexibility index (Phi) is 4.79. The highest BCUT2D eigenvalue weighted by Crippen LogP contribution is 2.13. The predicted octanol–water partition coefficient (Wildman–Crippen LogP) is 3.62. The molecule has 1 atom stereocenters. The third-order valence-corrected chi connectivity index (χ3v) is 2.59. The molecule has 82 valence electrons. The van der Waals surface area contributed by atoms with E-state index in [0.29, 0.717) is 6.54 Å². The SMILES string of the molecule is C/C(=C\Cl)CN[C@H](C)c1cccc(F)c1. The minimum absolute atomic E-state index is 0.118. The molecule has 1 aromatic carbocycles. The molecule has 0 fully saturated rings. The van der Waals surface area contributed by atoms with Gasteiger partial charge in [-0.1, -0.05) is 23.7 Å². The zero-order valence-electron chi connectivity index (χ0n) is 8.93. The van der Waals surface area contributed by atoms with Gasteiger partial charge in [-0.3, -0.25) is 0 Å². The highest BCUT2D eigenvalue weighted by atomic mass is 35.5. The first kappa shape index (κ1) is 12.2. The third kappa shape index (κ3) is 4.02. The van der Waals surface area contributed by atoms with Crippen LogP contribution in [0.5, 0.6) is 0 Å². The van der Waals surface area contributed by atoms with E-state index < -0.39 is 0 Å². The van der Waals surface area contributed by atoms with Crippen molar-refractivity contribution in [1.82, 2.24) is 5.32 Å². The second-order valence-electron chi connectivity index (χ2n) is 3.61. The molecular formula is C12H15ClFN. The fourth-order valence-electron chi connectivity index (χ4n) is 1.25. The molecule has 1 aromatic rings. The molecule has 0 heterocycles. The van der Waals surface area contributed by atoms with Gasteiger partial charge in [0.05, 0.1) is 0 Å². The zero-order valence-corrected chi connectivity index (χ0v) is 9.68. The van der Waals surface area contributed by atoms with Crippen molar-refractivity contribution in [2.45, 2.75) is 19.9 Å². The van der Waals surface area contributed by atoms with Gasteiger partial charge in [0.25, 0.3) is 0 Å². The van der Waals surface area contributed by atoms with Crippen LogP contribution >= 0.6 is 11.6 Å². The second-order valence-corrected chi connectivity index (χ2v) is 3.83. The Labute approximate surface area is 95.0 Å². The quantitative estimate of drug-likeness (QED) is 0.829. The Hall–Kier alpha value is -0.860. The number of halogens is 2. The van der Waals surface area contributed by atoms with E-state index >= 15 is 0 Å². The van der Waals surface area contributed by atoms with Gasteiger partial charge in [0.15, 0.2) is 0 Å². The molecular weight excluding hydrogens is 213 g/mol. The minimum Gasteiger partial charge on any atom is -0.306 e. The van der Waals surface area contributed by atoms with Gasteiger partial charge < -0.3 is 5.32 Å². The summed E-state index contributed by atoms with van der Waals surface area (Å²) >= 11 is 5.54. The molecule has 0 saturated carbocycles. The van der Waals surface area contributed by atoms with Crippen LogP contribution in [0.4, 0.5) is 4.39 Å². The molecule has 3 heteroatoms. The van der Waals surface area contributed by atoms with E-state index in [1.807, 2.05) is 19.9 Å². The molecule has 0 amide bonds. The van der Waals surface area contributed by atoms with E-state index in [1.54, 1.807) is 11.6 Å². The van der Waals surface area contributed by atoms with Crippen LogP contribution in [0, 0.1) is 5.82 Å². The number of rotatable bonds is 4. The monoisotopic (exact) mass is 227 g/mol. The Bertz CT molecular complexity index is 349. The van der Waals surface area contributed by atoms with Crippen LogP contribution < -0.4 is 5.32 Å². The van der Waals surface area contributed by atoms with Gasteiger partial charge in [-0.15, -0.1) is 0 Å². The first-order valence-electron chi connectivity index (χ1n) is 4.88. The lowest BCUT2D eigenvalue weighted by Gasteiger charge is -2.14. The summed E-state index contributed by atoms with van der Waals surface area (Å²) in [6, 6.07) is 6.72. The summed E-state index contributed by atoms with van der Waals surface area (Å²) < 4.78 is 12.9. The van der Waals surface area contributed by atoms with Crippen molar-refractivity contribution in [1.29, 1.82) is 0 Å². The standard InChI is InChI=1S/C12H15ClFN/c1-9(7-13)8-15-10(2)11-4-3-5-12(14)6-11/h3-7,10,15H,8H2,1-2H3/b9-7+/t10-/m1/s1. The Morgan fingerprint density at radius 3 is 2.93 bits per heavy atom. The minimum atomic E-state index is -0.203. The van der Waals surface area contributed by atoms with Crippen molar-refractivity contribution < 1.29 is 4.39 Å². The van der Waals surface area contributed by atoms with Crippen LogP contribution in [0.1, 0.15) is 25.5 Å². The van der Waals surface area contributed by atoms with Gasteiger partial charge in [-0.05, 0) is 37.1 Å². The lowest BCUT2D eigenvalue weighted by Crippen LogP contribution is -2.20. The van der Waals surface area contributed by atoms with Gasteiger partial charge in [-0.25, -0.2) is 4.39 Å². The zero-order chi connectivity index (χ0) is 11.3. The highest BCUT2D eigenvalue weighted by Gasteiger charge is 2.04. The maximum atomic E-state index is 12.9. The lowest BCUT2D eigenvalue weighted by atomic mass is 10.1. The van der Waals surface area contributed by atoms with Crippen LogP contribution in [0.15, 0.2) is 35.4 Å². The molecule has 0 unspecified atom stereocenters. The van der Waals surface area contributed by atoms with Gasteiger partial charge >= 0.3 is 0 Å². The molecule has 15 heavy (non-hydrogen) atoms. The third-order valence-electron chi connectivity index (χ3n) is 2.22. The highest BCUT2D eigenvalue weighted by molar-refractivity contribution is 6.25. The van der Waals surface area contributed by atoms with E-state index in [2.05, 4.69) is 5.32 Å². The summed E-state index contributed by atoms with van der Waals surface area (Å²) in [6.45, 7) is 4.65. The van der Waals surface area contributed by atoms with Crippen molar-refractivity contribution in [3.8, 4) is 0 Å². The normalized spacial score (nSPS) is 14.0. The summed E-state index contributed by atoms with van der Waals surface area (Å²) in [7, 11) is 0. The fraction of sp³-hybridized carbons (Fsp3) is 0.333. The molecule has 1 rings (SSSR count). The first-order chi connectivity index (χ1) is 7.13. The van der Waals surface area contributed by atoms with Crippen molar-refractivity contribution in [2.75, 3.05) is 6.54 Å². The number of hydrogen-bond donors (Lipinski definition) is 1. The molecule has 1 nitrogen and oxygen atoms in total. The van der Waals surface area contributed by atoms with Gasteiger partial charge in [-0.2, -0.15) is 0 Å². The van der Waals surface area contributed by atoms with Crippen LogP contribution in [-0.4, -0.2) is 6.54 Å². The largest absolute Gasteiger partial charge is 0.306 e. The maximum Gasteiger partial charge on any atom is 0.123 e. The molecule has 0 spiro atoms. The Morgan fingerprint density at radius 1 is 1.60 bits per heavy atom. The topological polar surface area (TPSA) is 12.0 Å². The van der Waals surface area contributed by atoms with Crippen molar-refractivity contribution in [3.63, 3.8) is 0 Å². The summed E-state index contributed by atoms with van der Waals surface area (Å²) in [5.41, 5.74) is 3.54. The van der Waals surface area contributed by atoms with Gasteiger partial charge in [0.2, 0.25) is 0 Å². The maximum absolute atomic E-state index is 12.9. The Balaban J connectivity index is 2.57. The van der Waals surface area contributed by atoms with E-state index in [-0.39, 0.29) is 11.9 Å². The average Bonchev–Trinajstić information content (AvgIpc) is 2.25. The van der Waals surface area contributed by atoms with Crippen molar-refractivity contribution in [3.05, 3.63) is 46.8 Å². The molecule has 0 aliphatic rings. The Morgan fingerprint density at radius 2 is 2.33 bits per heavy atom. The van der Waals surface area contributed by atoms with Crippen molar-refractivity contribution >= 4 is 11.6 Å². The number of benzene rings is 1. The lowest BCUT2D eigenvalue weighted by molar-refractivity contribution is 0.589. The van der Waals surface area contributed by atoms with E-state index in [9.17, 15) is 4.39 Å². The molecule has 0 aromatic heterocycles. The van der Waals surface area contributed by atoms with E-state index in [1.165, 1.54) is 12.1 Å². The molecule has 0 bridgehead atoms. The van der Waals surface area contributed by atoms with Gasteiger partial charge in [0, 0.05) is 18.1 Å². The van der Waals surface area contributed by atoms with Crippen molar-refractivity contribution in [2.24, 2.45) is 0 Å². The fourth-order valence-corrected chi connectivity index (χ4v) is 1.32. The summed E-state index contributed by atoms with van der Waals surface area (Å²) in [5.74, 6) is -0.203. The first-order valence-corrected chi connectivity index (χ1v) is 5.32. The number of nitrogens with one attached hydrogen (secondary N) is 1. The second kappa shape index (κ2) is 5.89. The van der Waals surface area contributed by atoms with Crippen LogP contribution in [0.25, 0.3) is 0 Å². The van der Waals surface area contributed by atoms with Gasteiger partial charge in [0.1, 0.15) is 5.82 Å². The summed E-state index contributed by atoms with van der Waals surface area (Å²) in [5, 5.41) is 3.26. The van der Waals surface area contributed by atoms with E-state index in [4.69, 9.17) is 11.6 Å². The van der Waals surface area contributed by atoms with E-state index in [0.717, 1.165) is 11.1 Å². The number of hydrogen-bond acceptors (Lipinski definition) is 1. The summed E-state index contributed by atoms with van der Waals surface area (Å²) in [6.07, 6.45) is 0. The average molecular weight is 228 g/mol.